The fourth-order valence-electron chi connectivity index (χ4n) is 4.99. The highest BCUT2D eigenvalue weighted by Gasteiger charge is 2.22. The minimum Gasteiger partial charge on any atom is -0.443 e. The van der Waals surface area contributed by atoms with Crippen molar-refractivity contribution in [1.82, 2.24) is 19.4 Å². The van der Waals surface area contributed by atoms with Crippen molar-refractivity contribution >= 4 is 51.7 Å². The number of rotatable bonds is 9. The molecule has 208 valence electrons. The van der Waals surface area contributed by atoms with Gasteiger partial charge in [0.05, 0.1) is 27.0 Å². The van der Waals surface area contributed by atoms with E-state index in [2.05, 4.69) is 10.3 Å². The van der Waals surface area contributed by atoms with E-state index >= 15 is 0 Å². The smallest absolute Gasteiger partial charge is 0.268 e. The molecular weight excluding hydrogens is 540 g/mol. The topological polar surface area (TPSA) is 114 Å². The lowest BCUT2D eigenvalue weighted by Crippen LogP contribution is -2.26. The van der Waals surface area contributed by atoms with Crippen molar-refractivity contribution in [2.75, 3.05) is 30.4 Å². The van der Waals surface area contributed by atoms with Gasteiger partial charge in [0.15, 0.2) is 12.2 Å². The number of nitrogens with zero attached hydrogens (tertiary/aromatic N) is 5. The number of hydrogen-bond donors (Lipinski definition) is 1. The second-order valence-corrected chi connectivity index (χ2v) is 10.9. The first kappa shape index (κ1) is 26.5. The number of aromatic nitrogens is 3. The molecule has 5 aromatic rings. The molecule has 0 bridgehead atoms. The molecule has 0 spiro atoms. The van der Waals surface area contributed by atoms with Crippen LogP contribution in [0.3, 0.4) is 0 Å². The summed E-state index contributed by atoms with van der Waals surface area (Å²) >= 11 is 1.30. The van der Waals surface area contributed by atoms with Crippen LogP contribution in [-0.4, -0.2) is 57.3 Å². The second-order valence-electron chi connectivity index (χ2n) is 9.81. The molecule has 1 fully saturated rings. The summed E-state index contributed by atoms with van der Waals surface area (Å²) in [6, 6.07) is 18.3. The summed E-state index contributed by atoms with van der Waals surface area (Å²) in [5.41, 5.74) is 2.75. The number of hydrogen-bond acceptors (Lipinski definition) is 7. The molecule has 0 saturated carbocycles. The number of thiophene rings is 1. The number of fused-ring (bicyclic) bond motifs is 1. The summed E-state index contributed by atoms with van der Waals surface area (Å²) in [4.78, 5) is 51.9. The monoisotopic (exact) mass is 568 g/mol. The van der Waals surface area contributed by atoms with E-state index in [1.54, 1.807) is 36.3 Å². The molecule has 6 rings (SSSR count). The molecule has 0 atom stereocenters. The van der Waals surface area contributed by atoms with Gasteiger partial charge in [0.2, 0.25) is 11.9 Å². The van der Waals surface area contributed by atoms with E-state index < -0.39 is 0 Å². The van der Waals surface area contributed by atoms with Crippen molar-refractivity contribution in [2.45, 2.75) is 25.8 Å². The Morgan fingerprint density at radius 1 is 1.10 bits per heavy atom. The van der Waals surface area contributed by atoms with Crippen LogP contribution >= 0.6 is 11.3 Å². The van der Waals surface area contributed by atoms with Crippen molar-refractivity contribution in [2.24, 2.45) is 0 Å². The van der Waals surface area contributed by atoms with Crippen LogP contribution in [0.5, 0.6) is 0 Å². The predicted octanol–water partition coefficient (Wildman–Crippen LogP) is 5.29. The van der Waals surface area contributed by atoms with Gasteiger partial charge in [0, 0.05) is 44.4 Å². The highest BCUT2D eigenvalue weighted by atomic mass is 32.1. The lowest BCUT2D eigenvalue weighted by atomic mass is 10.2. The highest BCUT2D eigenvalue weighted by Crippen LogP contribution is 2.30. The van der Waals surface area contributed by atoms with Gasteiger partial charge in [-0.1, -0.05) is 18.2 Å². The first-order valence-electron chi connectivity index (χ1n) is 13.4. The van der Waals surface area contributed by atoms with E-state index in [9.17, 15) is 14.4 Å². The van der Waals surface area contributed by atoms with Gasteiger partial charge in [0.1, 0.15) is 0 Å². The van der Waals surface area contributed by atoms with Gasteiger partial charge in [-0.2, -0.15) is 0 Å². The number of amides is 3. The molecule has 41 heavy (non-hydrogen) atoms. The fraction of sp³-hybridized carbons (Fsp3) is 0.233. The molecule has 0 aliphatic carbocycles. The van der Waals surface area contributed by atoms with Crippen LogP contribution in [0.15, 0.2) is 77.7 Å². The maximum atomic E-state index is 13.3. The van der Waals surface area contributed by atoms with E-state index in [1.807, 2.05) is 51.9 Å². The SMILES string of the molecule is CN(C(=O)c1ccccc1)c1ccc2c(c1)nc(NC(=O)c1ccc(-c3cnco3)s1)n2CCCN1CCCC1=O. The first-order valence-corrected chi connectivity index (χ1v) is 14.2. The Labute approximate surface area is 240 Å². The van der Waals surface area contributed by atoms with Gasteiger partial charge in [-0.05, 0) is 55.3 Å². The quantitative estimate of drug-likeness (QED) is 0.258. The third-order valence-corrected chi connectivity index (χ3v) is 8.25. The van der Waals surface area contributed by atoms with Gasteiger partial charge < -0.3 is 18.8 Å². The molecule has 1 saturated heterocycles. The van der Waals surface area contributed by atoms with Gasteiger partial charge in [-0.25, -0.2) is 9.97 Å². The number of imidazole rings is 1. The molecule has 4 heterocycles. The Bertz CT molecular complexity index is 1710. The van der Waals surface area contributed by atoms with E-state index in [0.29, 0.717) is 59.3 Å². The van der Waals surface area contributed by atoms with E-state index in [4.69, 9.17) is 9.40 Å². The van der Waals surface area contributed by atoms with E-state index in [1.165, 1.54) is 17.7 Å². The zero-order valence-electron chi connectivity index (χ0n) is 22.4. The number of oxazole rings is 1. The van der Waals surface area contributed by atoms with Crippen molar-refractivity contribution in [3.8, 4) is 10.6 Å². The highest BCUT2D eigenvalue weighted by molar-refractivity contribution is 7.17. The molecule has 0 unspecified atom stereocenters. The number of carbonyl (C=O) groups excluding carboxylic acids is 3. The van der Waals surface area contributed by atoms with Crippen molar-refractivity contribution in [3.05, 3.63) is 83.7 Å². The summed E-state index contributed by atoms with van der Waals surface area (Å²) < 4.78 is 7.31. The Kier molecular flexibility index (Phi) is 7.34. The third-order valence-electron chi connectivity index (χ3n) is 7.16. The molecule has 3 aromatic heterocycles. The van der Waals surface area contributed by atoms with E-state index in [0.717, 1.165) is 23.4 Å². The van der Waals surface area contributed by atoms with Crippen LogP contribution in [0.2, 0.25) is 0 Å². The normalized spacial score (nSPS) is 13.2. The van der Waals surface area contributed by atoms with Crippen LogP contribution < -0.4 is 10.2 Å². The molecule has 10 nitrogen and oxygen atoms in total. The van der Waals surface area contributed by atoms with Gasteiger partial charge in [0.25, 0.3) is 11.8 Å². The summed E-state index contributed by atoms with van der Waals surface area (Å²) in [5, 5.41) is 2.98. The van der Waals surface area contributed by atoms with Crippen LogP contribution in [0, 0.1) is 0 Å². The summed E-state index contributed by atoms with van der Waals surface area (Å²) in [6.07, 6.45) is 5.16. The number of anilines is 2. The van der Waals surface area contributed by atoms with Crippen LogP contribution in [0.25, 0.3) is 21.7 Å². The lowest BCUT2D eigenvalue weighted by Gasteiger charge is -2.18. The third kappa shape index (κ3) is 5.48. The summed E-state index contributed by atoms with van der Waals surface area (Å²) in [5.74, 6) is 0.767. The molecule has 1 N–H and O–H groups in total. The summed E-state index contributed by atoms with van der Waals surface area (Å²) in [7, 11) is 1.73. The van der Waals surface area contributed by atoms with Crippen molar-refractivity contribution in [3.63, 3.8) is 0 Å². The summed E-state index contributed by atoms with van der Waals surface area (Å²) in [6.45, 7) is 1.98. The Morgan fingerprint density at radius 3 is 2.71 bits per heavy atom. The molecular formula is C30H28N6O4S. The van der Waals surface area contributed by atoms with Gasteiger partial charge in [-0.15, -0.1) is 11.3 Å². The van der Waals surface area contributed by atoms with Crippen LogP contribution in [0.4, 0.5) is 11.6 Å². The van der Waals surface area contributed by atoms with Crippen molar-refractivity contribution < 1.29 is 18.8 Å². The largest absolute Gasteiger partial charge is 0.443 e. The number of benzene rings is 2. The maximum Gasteiger partial charge on any atom is 0.268 e. The van der Waals surface area contributed by atoms with E-state index in [-0.39, 0.29) is 17.7 Å². The molecule has 3 amide bonds. The average molecular weight is 569 g/mol. The zero-order chi connectivity index (χ0) is 28.3. The van der Waals surface area contributed by atoms with Gasteiger partial charge in [-0.3, -0.25) is 19.7 Å². The minimum atomic E-state index is -0.288. The van der Waals surface area contributed by atoms with Crippen LogP contribution in [-0.2, 0) is 11.3 Å². The Morgan fingerprint density at radius 2 is 1.95 bits per heavy atom. The number of aryl methyl sites for hydroxylation is 1. The van der Waals surface area contributed by atoms with Crippen LogP contribution in [0.1, 0.15) is 39.3 Å². The second kappa shape index (κ2) is 11.4. The fourth-order valence-corrected chi connectivity index (χ4v) is 5.85. The number of carbonyl (C=O) groups is 3. The molecule has 1 aliphatic rings. The van der Waals surface area contributed by atoms with Crippen molar-refractivity contribution in [1.29, 1.82) is 0 Å². The Balaban J connectivity index is 1.27. The average Bonchev–Trinajstić information content (AvgIpc) is 3.80. The molecule has 0 radical (unpaired) electrons. The lowest BCUT2D eigenvalue weighted by molar-refractivity contribution is -0.127. The Hall–Kier alpha value is -4.77. The van der Waals surface area contributed by atoms with Gasteiger partial charge >= 0.3 is 0 Å². The molecule has 1 aliphatic heterocycles. The first-order chi connectivity index (χ1) is 20.0. The maximum absolute atomic E-state index is 13.3. The number of nitrogens with one attached hydrogen (secondary N) is 1. The molecule has 11 heteroatoms. The predicted molar refractivity (Wildman–Crippen MR) is 157 cm³/mol. The minimum absolute atomic E-state index is 0.131. The zero-order valence-corrected chi connectivity index (χ0v) is 23.3. The molecule has 2 aromatic carbocycles. The standard InChI is InChI=1S/C30H28N6O4S/c1-34(29(39)20-7-3-2-4-8-20)21-10-11-23-22(17-21)32-30(36(23)16-6-15-35-14-5-9-27(35)37)33-28(38)26-13-12-25(41-26)24-18-31-19-40-24/h2-4,7-8,10-13,17-19H,5-6,9,14-16H2,1H3,(H,32,33,38). The number of likely N-dealkylation sites (tertiary alicyclic amines) is 1.